The van der Waals surface area contributed by atoms with Crippen LogP contribution in [0.1, 0.15) is 13.3 Å². The van der Waals surface area contributed by atoms with Crippen LogP contribution in [-0.2, 0) is 24.8 Å². The Balaban J connectivity index is 0. The topological polar surface area (TPSA) is 111 Å². The minimum absolute atomic E-state index is 0.0404. The van der Waals surface area contributed by atoms with Crippen molar-refractivity contribution in [1.82, 2.24) is 5.32 Å². The molecule has 0 aliphatic carbocycles. The molecule has 0 radical (unpaired) electrons. The molecule has 0 aromatic carbocycles. The first kappa shape index (κ1) is 28.8. The minimum atomic E-state index is -6.72. The first-order chi connectivity index (χ1) is 12.0. The zero-order chi connectivity index (χ0) is 23.2. The summed E-state index contributed by atoms with van der Waals surface area (Å²) in [6, 6.07) is 0. The highest BCUT2D eigenvalue weighted by molar-refractivity contribution is 8.13. The summed E-state index contributed by atoms with van der Waals surface area (Å²) < 4.78 is 110. The quantitative estimate of drug-likeness (QED) is 0.267. The van der Waals surface area contributed by atoms with Gasteiger partial charge in [0, 0.05) is 18.5 Å². The number of alkyl halides is 6. The van der Waals surface area contributed by atoms with E-state index in [1.165, 1.54) is 0 Å². The average molecular weight is 465 g/mol. The molecule has 0 heterocycles. The molecule has 1 N–H and O–H groups in total. The second-order valence-electron chi connectivity index (χ2n) is 6.32. The Bertz CT molecular complexity index is 710. The van der Waals surface area contributed by atoms with Crippen LogP contribution in [0.2, 0.25) is 0 Å². The maximum Gasteiger partial charge on any atom is 0.480 e. The lowest BCUT2D eigenvalue weighted by molar-refractivity contribution is -0.870. The van der Waals surface area contributed by atoms with E-state index >= 15 is 0 Å². The van der Waals surface area contributed by atoms with Crippen LogP contribution in [0.5, 0.6) is 0 Å². The molecule has 0 saturated carbocycles. The molecule has 168 valence electrons. The van der Waals surface area contributed by atoms with Gasteiger partial charge in [-0.25, -0.2) is 16.8 Å². The Morgan fingerprint density at radius 1 is 0.964 bits per heavy atom. The normalized spacial score (nSPS) is 13.4. The van der Waals surface area contributed by atoms with Gasteiger partial charge in [-0.05, 0) is 6.92 Å². The van der Waals surface area contributed by atoms with Crippen LogP contribution >= 0.6 is 0 Å². The van der Waals surface area contributed by atoms with E-state index in [2.05, 4.69) is 33.0 Å². The average Bonchev–Trinajstić information content (AvgIpc) is 2.39. The number of quaternary nitrogens is 1. The van der Waals surface area contributed by atoms with Crippen LogP contribution in [0.15, 0.2) is 12.2 Å². The maximum atomic E-state index is 11.4. The van der Waals surface area contributed by atoms with Gasteiger partial charge in [0.15, 0.2) is 20.0 Å². The summed E-state index contributed by atoms with van der Waals surface area (Å²) >= 11 is 0. The van der Waals surface area contributed by atoms with Crippen LogP contribution in [0.3, 0.4) is 0 Å². The van der Waals surface area contributed by atoms with Gasteiger partial charge in [0.2, 0.25) is 5.91 Å². The highest BCUT2D eigenvalue weighted by atomic mass is 32.3. The lowest BCUT2D eigenvalue weighted by Gasteiger charge is -2.23. The van der Waals surface area contributed by atoms with Crippen molar-refractivity contribution >= 4 is 26.0 Å². The number of hydrogen-bond donors (Lipinski definition) is 1. The minimum Gasteiger partial charge on any atom is -0.421 e. The molecule has 0 spiro atoms. The molecule has 0 unspecified atom stereocenters. The zero-order valence-electron chi connectivity index (χ0n) is 15.3. The van der Waals surface area contributed by atoms with Gasteiger partial charge in [-0.3, -0.25) is 4.79 Å². The second-order valence-corrected chi connectivity index (χ2v) is 9.74. The van der Waals surface area contributed by atoms with E-state index in [-0.39, 0.29) is 5.91 Å². The van der Waals surface area contributed by atoms with Crippen molar-refractivity contribution < 1.29 is 52.5 Å². The SMILES string of the molecule is C=C(C)C(=O)NCCC[N+](C)(C)C.O=S(=O)([N-]S(=O)(=O)C(F)(F)F)C(F)(F)F. The van der Waals surface area contributed by atoms with Crippen molar-refractivity contribution in [2.75, 3.05) is 34.2 Å². The largest absolute Gasteiger partial charge is 0.480 e. The van der Waals surface area contributed by atoms with Gasteiger partial charge in [0.1, 0.15) is 0 Å². The van der Waals surface area contributed by atoms with Gasteiger partial charge < -0.3 is 13.9 Å². The molecule has 28 heavy (non-hydrogen) atoms. The summed E-state index contributed by atoms with van der Waals surface area (Å²) in [5.74, 6) is -0.0404. The van der Waals surface area contributed by atoms with Crippen molar-refractivity contribution in [3.05, 3.63) is 16.3 Å². The predicted octanol–water partition coefficient (Wildman–Crippen LogP) is 1.83. The summed E-state index contributed by atoms with van der Waals surface area (Å²) in [5, 5.41) is 2.81. The second kappa shape index (κ2) is 9.89. The summed E-state index contributed by atoms with van der Waals surface area (Å²) in [6.07, 6.45) is 1.00. The summed E-state index contributed by atoms with van der Waals surface area (Å²) in [6.45, 7) is 7.09. The van der Waals surface area contributed by atoms with E-state index in [4.69, 9.17) is 0 Å². The fourth-order valence-corrected chi connectivity index (χ4v) is 2.83. The van der Waals surface area contributed by atoms with E-state index in [0.717, 1.165) is 28.1 Å². The first-order valence-corrected chi connectivity index (χ1v) is 10.0. The third-order valence-electron chi connectivity index (χ3n) is 2.46. The molecule has 0 atom stereocenters. The zero-order valence-corrected chi connectivity index (χ0v) is 17.0. The third-order valence-corrected chi connectivity index (χ3v) is 5.20. The number of nitrogens with zero attached hydrogens (tertiary/aromatic N) is 2. The molecule has 0 saturated heterocycles. The number of halogens is 6. The van der Waals surface area contributed by atoms with E-state index in [1.54, 1.807) is 6.92 Å². The van der Waals surface area contributed by atoms with Gasteiger partial charge in [0.25, 0.3) is 0 Å². The molecule has 0 aliphatic rings. The maximum absolute atomic E-state index is 11.4. The molecule has 8 nitrogen and oxygen atoms in total. The number of nitrogens with one attached hydrogen (secondary N) is 1. The molecule has 0 aromatic rings. The van der Waals surface area contributed by atoms with E-state index < -0.39 is 31.1 Å². The van der Waals surface area contributed by atoms with Crippen molar-refractivity contribution in [2.45, 2.75) is 24.4 Å². The van der Waals surface area contributed by atoms with E-state index in [9.17, 15) is 48.0 Å². The van der Waals surface area contributed by atoms with E-state index in [1.807, 2.05) is 0 Å². The first-order valence-electron chi connectivity index (χ1n) is 7.14. The number of hydrogen-bond acceptors (Lipinski definition) is 5. The Morgan fingerprint density at radius 2 is 1.32 bits per heavy atom. The molecular weight excluding hydrogens is 444 g/mol. The van der Waals surface area contributed by atoms with Gasteiger partial charge in [0.05, 0.1) is 27.7 Å². The smallest absolute Gasteiger partial charge is 0.421 e. The molecule has 16 heteroatoms. The van der Waals surface area contributed by atoms with Gasteiger partial charge >= 0.3 is 11.0 Å². The lowest BCUT2D eigenvalue weighted by atomic mass is 10.3. The number of sulfonamides is 2. The molecule has 1 amide bonds. The van der Waals surface area contributed by atoms with Crippen molar-refractivity contribution in [2.24, 2.45) is 0 Å². The lowest BCUT2D eigenvalue weighted by Crippen LogP contribution is -2.37. The van der Waals surface area contributed by atoms with Crippen molar-refractivity contribution in [3.8, 4) is 0 Å². The van der Waals surface area contributed by atoms with Gasteiger partial charge in [-0.1, -0.05) is 6.58 Å². The summed E-state index contributed by atoms with van der Waals surface area (Å²) in [5.41, 5.74) is -11.8. The fourth-order valence-electron chi connectivity index (χ4n) is 1.12. The Hall–Kier alpha value is -1.39. The van der Waals surface area contributed by atoms with Crippen LogP contribution in [0.25, 0.3) is 4.13 Å². The molecule has 0 bridgehead atoms. The molecule has 0 aliphatic heterocycles. The highest BCUT2D eigenvalue weighted by Crippen LogP contribution is 2.36. The van der Waals surface area contributed by atoms with Crippen molar-refractivity contribution in [3.63, 3.8) is 0 Å². The monoisotopic (exact) mass is 465 g/mol. The van der Waals surface area contributed by atoms with Crippen LogP contribution in [0, 0.1) is 0 Å². The standard InChI is InChI=1S/C10H20N2O.C2F6NO4S2/c1-9(2)10(13)11-7-6-8-12(3,4)5;3-1(4,5)14(10,11)9-15(12,13)2(6,7)8/h1,6-8H2,2-5H3;/q;-1/p+1. The summed E-state index contributed by atoms with van der Waals surface area (Å²) in [4.78, 5) is 11.1. The Labute approximate surface area is 159 Å². The highest BCUT2D eigenvalue weighted by Gasteiger charge is 2.46. The molecule has 0 aromatic heterocycles. The van der Waals surface area contributed by atoms with E-state index in [0.29, 0.717) is 5.57 Å². The van der Waals surface area contributed by atoms with Gasteiger partial charge in [-0.2, -0.15) is 26.3 Å². The fraction of sp³-hybridized carbons (Fsp3) is 0.750. The number of carbonyl (C=O) groups excluding carboxylic acids is 1. The molecular formula is C12H21F6N3O5S2. The Morgan fingerprint density at radius 3 is 1.57 bits per heavy atom. The summed E-state index contributed by atoms with van der Waals surface area (Å²) in [7, 11) is -7.02. The number of amides is 1. The number of carbonyl (C=O) groups is 1. The van der Waals surface area contributed by atoms with Crippen molar-refractivity contribution in [1.29, 1.82) is 0 Å². The van der Waals surface area contributed by atoms with Crippen LogP contribution < -0.4 is 5.32 Å². The van der Waals surface area contributed by atoms with Crippen LogP contribution in [-0.4, -0.2) is 72.5 Å². The third kappa shape index (κ3) is 11.5. The number of rotatable bonds is 7. The van der Waals surface area contributed by atoms with Gasteiger partial charge in [-0.15, -0.1) is 0 Å². The Kier molecular flexibility index (Phi) is 10.2. The molecule has 0 rings (SSSR count). The van der Waals surface area contributed by atoms with Crippen LogP contribution in [0.4, 0.5) is 26.3 Å². The predicted molar refractivity (Wildman–Crippen MR) is 88.6 cm³/mol. The molecule has 0 fully saturated rings.